The first-order valence-electron chi connectivity index (χ1n) is 9.81. The highest BCUT2D eigenvalue weighted by Gasteiger charge is 2.30. The lowest BCUT2D eigenvalue weighted by atomic mass is 9.94. The van der Waals surface area contributed by atoms with Crippen molar-refractivity contribution in [2.45, 2.75) is 19.4 Å². The smallest absolute Gasteiger partial charge is 0.253 e. The lowest BCUT2D eigenvalue weighted by Crippen LogP contribution is -2.45. The van der Waals surface area contributed by atoms with Gasteiger partial charge in [0.25, 0.3) is 5.91 Å². The highest BCUT2D eigenvalue weighted by molar-refractivity contribution is 5.94. The van der Waals surface area contributed by atoms with E-state index in [1.807, 2.05) is 11.6 Å². The number of methoxy groups -OCH3 is 1. The first-order chi connectivity index (χ1) is 14.0. The molecule has 156 valence electrons. The Labute approximate surface area is 170 Å². The number of ether oxygens (including phenoxy) is 1. The molecule has 1 aliphatic heterocycles. The number of aliphatic hydroxyl groups excluding tert-OH is 1. The molecule has 0 bridgehead atoms. The van der Waals surface area contributed by atoms with Gasteiger partial charge in [0.1, 0.15) is 5.75 Å². The predicted molar refractivity (Wildman–Crippen MR) is 107 cm³/mol. The molecule has 0 radical (unpaired) electrons. The molecule has 1 fully saturated rings. The summed E-state index contributed by atoms with van der Waals surface area (Å²) < 4.78 is 7.00. The Bertz CT molecular complexity index is 825. The molecule has 2 aromatic rings. The summed E-state index contributed by atoms with van der Waals surface area (Å²) in [4.78, 5) is 33.3. The Morgan fingerprint density at radius 3 is 2.48 bits per heavy atom. The summed E-state index contributed by atoms with van der Waals surface area (Å²) in [6.07, 6.45) is 4.66. The van der Waals surface area contributed by atoms with Crippen LogP contribution in [0, 0.1) is 5.92 Å². The van der Waals surface area contributed by atoms with Crippen LogP contribution in [0.15, 0.2) is 36.8 Å². The number of aromatic nitrogens is 2. The highest BCUT2D eigenvalue weighted by atomic mass is 16.5. The average Bonchev–Trinajstić information content (AvgIpc) is 3.17. The van der Waals surface area contributed by atoms with Crippen molar-refractivity contribution in [3.8, 4) is 5.75 Å². The van der Waals surface area contributed by atoms with E-state index in [1.54, 1.807) is 53.7 Å². The fraction of sp³-hybridized carbons (Fsp3) is 0.476. The minimum atomic E-state index is -0.144. The molecule has 0 spiro atoms. The van der Waals surface area contributed by atoms with Crippen molar-refractivity contribution < 1.29 is 19.4 Å². The number of carbonyl (C=O) groups excluding carboxylic acids is 2. The van der Waals surface area contributed by atoms with Gasteiger partial charge >= 0.3 is 0 Å². The second-order valence-corrected chi connectivity index (χ2v) is 7.27. The molecule has 3 rings (SSSR count). The summed E-state index contributed by atoms with van der Waals surface area (Å²) in [5.41, 5.74) is 1.53. The monoisotopic (exact) mass is 400 g/mol. The maximum atomic E-state index is 13.0. The van der Waals surface area contributed by atoms with Gasteiger partial charge in [-0.1, -0.05) is 0 Å². The molecule has 1 aromatic heterocycles. The van der Waals surface area contributed by atoms with Gasteiger partial charge in [-0.25, -0.2) is 4.98 Å². The Morgan fingerprint density at radius 2 is 1.93 bits per heavy atom. The number of imidazole rings is 1. The summed E-state index contributed by atoms with van der Waals surface area (Å²) in [5, 5.41) is 9.38. The van der Waals surface area contributed by atoms with Crippen LogP contribution < -0.4 is 4.74 Å². The van der Waals surface area contributed by atoms with Gasteiger partial charge in [0, 0.05) is 44.4 Å². The largest absolute Gasteiger partial charge is 0.497 e. The molecule has 2 amide bonds. The number of likely N-dealkylation sites (tertiary alicyclic amines) is 1. The van der Waals surface area contributed by atoms with Crippen molar-refractivity contribution in [2.75, 3.05) is 33.4 Å². The van der Waals surface area contributed by atoms with E-state index in [0.717, 1.165) is 5.69 Å². The van der Waals surface area contributed by atoms with Gasteiger partial charge < -0.3 is 24.2 Å². The maximum absolute atomic E-state index is 13.0. The second-order valence-electron chi connectivity index (χ2n) is 7.27. The van der Waals surface area contributed by atoms with Gasteiger partial charge in [0.15, 0.2) is 0 Å². The molecule has 1 aliphatic rings. The number of benzene rings is 1. The van der Waals surface area contributed by atoms with Gasteiger partial charge in [0.2, 0.25) is 5.91 Å². The Morgan fingerprint density at radius 1 is 1.24 bits per heavy atom. The normalized spacial score (nSPS) is 14.7. The van der Waals surface area contributed by atoms with E-state index in [-0.39, 0.29) is 30.9 Å². The molecule has 1 N–H and O–H groups in total. The number of nitrogens with zero attached hydrogens (tertiary/aromatic N) is 4. The van der Waals surface area contributed by atoms with E-state index in [1.165, 1.54) is 0 Å². The summed E-state index contributed by atoms with van der Waals surface area (Å²) >= 11 is 0. The van der Waals surface area contributed by atoms with E-state index >= 15 is 0 Å². The van der Waals surface area contributed by atoms with Crippen LogP contribution in [-0.2, 0) is 18.4 Å². The lowest BCUT2D eigenvalue weighted by Gasteiger charge is -2.34. The lowest BCUT2D eigenvalue weighted by molar-refractivity contribution is -0.138. The Balaban J connectivity index is 1.58. The summed E-state index contributed by atoms with van der Waals surface area (Å²) in [6, 6.07) is 7.06. The third-order valence-electron chi connectivity index (χ3n) is 5.42. The topological polar surface area (TPSA) is 87.9 Å². The predicted octanol–water partition coefficient (Wildman–Crippen LogP) is 1.30. The van der Waals surface area contributed by atoms with Crippen molar-refractivity contribution in [2.24, 2.45) is 13.0 Å². The standard InChI is InChI=1S/C21H28N4O4/c1-23-15-22-13-18(23)14-25(11-12-26)21(28)17-7-9-24(10-8-17)20(27)16-3-5-19(29-2)6-4-16/h3-6,13,15,17,26H,7-12,14H2,1-2H3. The molecular formula is C21H28N4O4. The van der Waals surface area contributed by atoms with Gasteiger partial charge in [-0.2, -0.15) is 0 Å². The summed E-state index contributed by atoms with van der Waals surface area (Å²) in [6.45, 7) is 1.70. The molecule has 8 nitrogen and oxygen atoms in total. The van der Waals surface area contributed by atoms with Crippen LogP contribution in [0.4, 0.5) is 0 Å². The molecule has 0 aliphatic carbocycles. The molecule has 1 aromatic carbocycles. The number of aliphatic hydroxyl groups is 1. The van der Waals surface area contributed by atoms with Gasteiger partial charge in [0.05, 0.1) is 32.3 Å². The number of hydrogen-bond acceptors (Lipinski definition) is 5. The fourth-order valence-electron chi connectivity index (χ4n) is 3.62. The zero-order chi connectivity index (χ0) is 20.8. The number of rotatable bonds is 7. The van der Waals surface area contributed by atoms with Crippen molar-refractivity contribution in [1.29, 1.82) is 0 Å². The van der Waals surface area contributed by atoms with Gasteiger partial charge in [-0.05, 0) is 37.1 Å². The van der Waals surface area contributed by atoms with Crippen molar-refractivity contribution >= 4 is 11.8 Å². The first kappa shape index (κ1) is 20.9. The minimum Gasteiger partial charge on any atom is -0.497 e. The van der Waals surface area contributed by atoms with Crippen LogP contribution in [0.2, 0.25) is 0 Å². The SMILES string of the molecule is COc1ccc(C(=O)N2CCC(C(=O)N(CCO)Cc3cncn3C)CC2)cc1. The Kier molecular flexibility index (Phi) is 6.87. The first-order valence-corrected chi connectivity index (χ1v) is 9.81. The fourth-order valence-corrected chi connectivity index (χ4v) is 3.62. The van der Waals surface area contributed by atoms with E-state index < -0.39 is 0 Å². The molecular weight excluding hydrogens is 372 g/mol. The Hall–Kier alpha value is -2.87. The van der Waals surface area contributed by atoms with Crippen LogP contribution in [0.1, 0.15) is 28.9 Å². The number of amides is 2. The van der Waals surface area contributed by atoms with Crippen molar-refractivity contribution in [1.82, 2.24) is 19.4 Å². The average molecular weight is 400 g/mol. The van der Waals surface area contributed by atoms with Crippen molar-refractivity contribution in [3.05, 3.63) is 48.0 Å². The number of piperidine rings is 1. The molecule has 29 heavy (non-hydrogen) atoms. The van der Waals surface area contributed by atoms with Crippen LogP contribution in [-0.4, -0.2) is 69.6 Å². The molecule has 0 unspecified atom stereocenters. The molecule has 0 saturated carbocycles. The minimum absolute atomic E-state index is 0.0248. The number of aryl methyl sites for hydroxylation is 1. The van der Waals surface area contributed by atoms with Crippen LogP contribution in [0.3, 0.4) is 0 Å². The van der Waals surface area contributed by atoms with Gasteiger partial charge in [-0.3, -0.25) is 9.59 Å². The zero-order valence-corrected chi connectivity index (χ0v) is 17.0. The van der Waals surface area contributed by atoms with E-state index in [0.29, 0.717) is 43.8 Å². The van der Waals surface area contributed by atoms with E-state index in [4.69, 9.17) is 4.74 Å². The van der Waals surface area contributed by atoms with Crippen LogP contribution in [0.25, 0.3) is 0 Å². The van der Waals surface area contributed by atoms with Crippen LogP contribution >= 0.6 is 0 Å². The van der Waals surface area contributed by atoms with Crippen molar-refractivity contribution in [3.63, 3.8) is 0 Å². The molecule has 1 saturated heterocycles. The summed E-state index contributed by atoms with van der Waals surface area (Å²) in [5.74, 6) is 0.565. The summed E-state index contributed by atoms with van der Waals surface area (Å²) in [7, 11) is 3.47. The molecule has 8 heteroatoms. The zero-order valence-electron chi connectivity index (χ0n) is 17.0. The quantitative estimate of drug-likeness (QED) is 0.757. The maximum Gasteiger partial charge on any atom is 0.253 e. The second kappa shape index (κ2) is 9.56. The van der Waals surface area contributed by atoms with E-state index in [9.17, 15) is 14.7 Å². The third kappa shape index (κ3) is 4.95. The molecule has 2 heterocycles. The third-order valence-corrected chi connectivity index (χ3v) is 5.42. The molecule has 0 atom stereocenters. The number of hydrogen-bond donors (Lipinski definition) is 1. The van der Waals surface area contributed by atoms with Crippen LogP contribution in [0.5, 0.6) is 5.75 Å². The van der Waals surface area contributed by atoms with E-state index in [2.05, 4.69) is 4.98 Å². The highest BCUT2D eigenvalue weighted by Crippen LogP contribution is 2.23. The van der Waals surface area contributed by atoms with Gasteiger partial charge in [-0.15, -0.1) is 0 Å². The number of carbonyl (C=O) groups is 2.